The van der Waals surface area contributed by atoms with E-state index in [2.05, 4.69) is 32.2 Å². The van der Waals surface area contributed by atoms with Crippen molar-refractivity contribution in [2.75, 3.05) is 13.1 Å². The zero-order valence-electron chi connectivity index (χ0n) is 10.0. The van der Waals surface area contributed by atoms with Crippen molar-refractivity contribution in [2.24, 2.45) is 5.92 Å². The highest BCUT2D eigenvalue weighted by Crippen LogP contribution is 2.08. The lowest BCUT2D eigenvalue weighted by Gasteiger charge is -2.09. The molecule has 0 aliphatic rings. The summed E-state index contributed by atoms with van der Waals surface area (Å²) >= 11 is 0. The largest absolute Gasteiger partial charge is 0.481 e. The SMILES string of the molecule is CC(C)=CCNCCC(C)CCC(=O)O. The van der Waals surface area contributed by atoms with Gasteiger partial charge in [0.1, 0.15) is 0 Å². The van der Waals surface area contributed by atoms with Crippen molar-refractivity contribution in [3.63, 3.8) is 0 Å². The molecule has 0 saturated carbocycles. The maximum atomic E-state index is 10.3. The van der Waals surface area contributed by atoms with Gasteiger partial charge in [-0.1, -0.05) is 18.6 Å². The Morgan fingerprint density at radius 1 is 1.40 bits per heavy atom. The molecule has 0 rings (SSSR count). The maximum absolute atomic E-state index is 10.3. The first kappa shape index (κ1) is 14.2. The average molecular weight is 213 g/mol. The second-order valence-electron chi connectivity index (χ2n) is 4.31. The number of aliphatic carboxylic acids is 1. The summed E-state index contributed by atoms with van der Waals surface area (Å²) in [6.07, 6.45) is 4.26. The first-order valence-corrected chi connectivity index (χ1v) is 5.58. The number of carboxylic acids is 1. The van der Waals surface area contributed by atoms with E-state index in [1.807, 2.05) is 0 Å². The summed E-state index contributed by atoms with van der Waals surface area (Å²) in [6, 6.07) is 0. The van der Waals surface area contributed by atoms with Gasteiger partial charge in [-0.05, 0) is 39.2 Å². The molecular weight excluding hydrogens is 190 g/mol. The van der Waals surface area contributed by atoms with Gasteiger partial charge in [-0.2, -0.15) is 0 Å². The summed E-state index contributed by atoms with van der Waals surface area (Å²) in [7, 11) is 0. The molecule has 0 amide bonds. The van der Waals surface area contributed by atoms with Crippen LogP contribution in [0.4, 0.5) is 0 Å². The number of allylic oxidation sites excluding steroid dienone is 1. The normalized spacial score (nSPS) is 12.2. The van der Waals surface area contributed by atoms with Crippen LogP contribution in [0.3, 0.4) is 0 Å². The highest BCUT2D eigenvalue weighted by molar-refractivity contribution is 5.66. The summed E-state index contributed by atoms with van der Waals surface area (Å²) in [5, 5.41) is 11.8. The van der Waals surface area contributed by atoms with Gasteiger partial charge in [0.25, 0.3) is 0 Å². The van der Waals surface area contributed by atoms with Gasteiger partial charge >= 0.3 is 5.97 Å². The molecular formula is C12H23NO2. The van der Waals surface area contributed by atoms with Gasteiger partial charge < -0.3 is 10.4 Å². The quantitative estimate of drug-likeness (QED) is 0.481. The number of hydrogen-bond donors (Lipinski definition) is 2. The molecule has 0 aliphatic heterocycles. The molecule has 0 heterocycles. The lowest BCUT2D eigenvalue weighted by Crippen LogP contribution is -2.17. The highest BCUT2D eigenvalue weighted by atomic mass is 16.4. The lowest BCUT2D eigenvalue weighted by atomic mass is 10.0. The standard InChI is InChI=1S/C12H23NO2/c1-10(2)6-8-13-9-7-11(3)4-5-12(14)15/h6,11,13H,4-5,7-9H2,1-3H3,(H,14,15). The van der Waals surface area contributed by atoms with Crippen molar-refractivity contribution >= 4 is 5.97 Å². The molecule has 1 unspecified atom stereocenters. The summed E-state index contributed by atoms with van der Waals surface area (Å²) in [4.78, 5) is 10.3. The molecule has 0 aromatic carbocycles. The number of nitrogens with one attached hydrogen (secondary N) is 1. The average Bonchev–Trinajstić information content (AvgIpc) is 2.13. The van der Waals surface area contributed by atoms with E-state index < -0.39 is 5.97 Å². The third kappa shape index (κ3) is 11.1. The van der Waals surface area contributed by atoms with Crippen molar-refractivity contribution < 1.29 is 9.90 Å². The lowest BCUT2D eigenvalue weighted by molar-refractivity contribution is -0.137. The van der Waals surface area contributed by atoms with E-state index >= 15 is 0 Å². The Kier molecular flexibility index (Phi) is 8.01. The summed E-state index contributed by atoms with van der Waals surface area (Å²) in [5.41, 5.74) is 1.32. The zero-order chi connectivity index (χ0) is 11.7. The van der Waals surface area contributed by atoms with Gasteiger partial charge in [0.05, 0.1) is 0 Å². The van der Waals surface area contributed by atoms with E-state index in [0.29, 0.717) is 5.92 Å². The van der Waals surface area contributed by atoms with Crippen molar-refractivity contribution in [1.82, 2.24) is 5.32 Å². The smallest absolute Gasteiger partial charge is 0.303 e. The molecule has 0 aliphatic carbocycles. The van der Waals surface area contributed by atoms with Crippen LogP contribution < -0.4 is 5.32 Å². The van der Waals surface area contributed by atoms with Crippen LogP contribution in [-0.4, -0.2) is 24.2 Å². The van der Waals surface area contributed by atoms with Crippen LogP contribution in [0.1, 0.15) is 40.0 Å². The van der Waals surface area contributed by atoms with Crippen LogP contribution in [0.25, 0.3) is 0 Å². The van der Waals surface area contributed by atoms with Crippen LogP contribution in [0, 0.1) is 5.92 Å². The van der Waals surface area contributed by atoms with Gasteiger partial charge in [0, 0.05) is 13.0 Å². The van der Waals surface area contributed by atoms with Crippen LogP contribution in [0.2, 0.25) is 0 Å². The zero-order valence-corrected chi connectivity index (χ0v) is 10.0. The Morgan fingerprint density at radius 3 is 2.60 bits per heavy atom. The molecule has 1 atom stereocenters. The third-order valence-electron chi connectivity index (χ3n) is 2.32. The monoisotopic (exact) mass is 213 g/mol. The van der Waals surface area contributed by atoms with E-state index in [4.69, 9.17) is 5.11 Å². The number of carbonyl (C=O) groups is 1. The topological polar surface area (TPSA) is 49.3 Å². The van der Waals surface area contributed by atoms with Gasteiger partial charge in [-0.15, -0.1) is 0 Å². The first-order chi connectivity index (χ1) is 7.02. The Bertz CT molecular complexity index is 208. The maximum Gasteiger partial charge on any atom is 0.303 e. The Labute approximate surface area is 92.6 Å². The van der Waals surface area contributed by atoms with Crippen molar-refractivity contribution in [1.29, 1.82) is 0 Å². The Morgan fingerprint density at radius 2 is 2.07 bits per heavy atom. The molecule has 0 aromatic rings. The second-order valence-corrected chi connectivity index (χ2v) is 4.31. The minimum absolute atomic E-state index is 0.287. The molecule has 0 bridgehead atoms. The van der Waals surface area contributed by atoms with E-state index in [1.54, 1.807) is 0 Å². The first-order valence-electron chi connectivity index (χ1n) is 5.58. The minimum atomic E-state index is -0.695. The Balaban J connectivity index is 3.35. The highest BCUT2D eigenvalue weighted by Gasteiger charge is 2.04. The van der Waals surface area contributed by atoms with Gasteiger partial charge in [-0.25, -0.2) is 0 Å². The molecule has 15 heavy (non-hydrogen) atoms. The fourth-order valence-electron chi connectivity index (χ4n) is 1.24. The number of hydrogen-bond acceptors (Lipinski definition) is 2. The van der Waals surface area contributed by atoms with Gasteiger partial charge in [-0.3, -0.25) is 4.79 Å². The van der Waals surface area contributed by atoms with Gasteiger partial charge in [0.15, 0.2) is 0 Å². The molecule has 0 fully saturated rings. The molecule has 0 saturated heterocycles. The summed E-state index contributed by atoms with van der Waals surface area (Å²) < 4.78 is 0. The minimum Gasteiger partial charge on any atom is -0.481 e. The Hall–Kier alpha value is -0.830. The third-order valence-corrected chi connectivity index (χ3v) is 2.32. The van der Waals surface area contributed by atoms with E-state index in [1.165, 1.54) is 5.57 Å². The van der Waals surface area contributed by atoms with E-state index in [0.717, 1.165) is 25.9 Å². The van der Waals surface area contributed by atoms with Crippen LogP contribution in [0.5, 0.6) is 0 Å². The molecule has 88 valence electrons. The molecule has 2 N–H and O–H groups in total. The number of carboxylic acid groups (broad SMARTS) is 1. The molecule has 0 aromatic heterocycles. The fraction of sp³-hybridized carbons (Fsp3) is 0.750. The van der Waals surface area contributed by atoms with Crippen molar-refractivity contribution in [3.05, 3.63) is 11.6 Å². The molecule has 3 heteroatoms. The fourth-order valence-corrected chi connectivity index (χ4v) is 1.24. The van der Waals surface area contributed by atoms with Crippen molar-refractivity contribution in [3.8, 4) is 0 Å². The summed E-state index contributed by atoms with van der Waals surface area (Å²) in [5.74, 6) is -0.209. The van der Waals surface area contributed by atoms with E-state index in [-0.39, 0.29) is 6.42 Å². The predicted molar refractivity (Wildman–Crippen MR) is 63.0 cm³/mol. The van der Waals surface area contributed by atoms with Gasteiger partial charge in [0.2, 0.25) is 0 Å². The molecule has 3 nitrogen and oxygen atoms in total. The molecule has 0 radical (unpaired) electrons. The van der Waals surface area contributed by atoms with Crippen LogP contribution in [0.15, 0.2) is 11.6 Å². The van der Waals surface area contributed by atoms with Crippen LogP contribution in [-0.2, 0) is 4.79 Å². The molecule has 0 spiro atoms. The summed E-state index contributed by atoms with van der Waals surface area (Å²) in [6.45, 7) is 8.14. The predicted octanol–water partition coefficient (Wildman–Crippen LogP) is 2.43. The van der Waals surface area contributed by atoms with E-state index in [9.17, 15) is 4.79 Å². The van der Waals surface area contributed by atoms with Crippen molar-refractivity contribution in [2.45, 2.75) is 40.0 Å². The second kappa shape index (κ2) is 8.48. The van der Waals surface area contributed by atoms with Crippen LogP contribution >= 0.6 is 0 Å². The number of rotatable bonds is 8.